The number of hydrogen-bond acceptors (Lipinski definition) is 4. The SMILES string of the molecule is Cl.O=C(CC1COCCN1)N1CCC(COc2ccccc2)CC1. The molecule has 2 aliphatic rings. The van der Waals surface area contributed by atoms with Gasteiger partial charge in [0.2, 0.25) is 5.91 Å². The number of carbonyl (C=O) groups excluding carboxylic acids is 1. The van der Waals surface area contributed by atoms with E-state index >= 15 is 0 Å². The van der Waals surface area contributed by atoms with E-state index in [1.165, 1.54) is 0 Å². The normalized spacial score (nSPS) is 21.8. The summed E-state index contributed by atoms with van der Waals surface area (Å²) in [6.45, 7) is 4.66. The highest BCUT2D eigenvalue weighted by Crippen LogP contribution is 2.20. The van der Waals surface area contributed by atoms with Gasteiger partial charge in [-0.05, 0) is 30.9 Å². The number of nitrogens with one attached hydrogen (secondary N) is 1. The molecule has 0 aliphatic carbocycles. The van der Waals surface area contributed by atoms with E-state index in [0.717, 1.165) is 51.4 Å². The lowest BCUT2D eigenvalue weighted by molar-refractivity contribution is -0.134. The molecule has 6 heteroatoms. The molecule has 24 heavy (non-hydrogen) atoms. The Morgan fingerprint density at radius 1 is 1.25 bits per heavy atom. The van der Waals surface area contributed by atoms with Crippen molar-refractivity contribution >= 4 is 18.3 Å². The summed E-state index contributed by atoms with van der Waals surface area (Å²) < 4.78 is 11.2. The van der Waals surface area contributed by atoms with Crippen molar-refractivity contribution in [1.29, 1.82) is 0 Å². The predicted octanol–water partition coefficient (Wildman–Crippen LogP) is 2.10. The zero-order chi connectivity index (χ0) is 15.9. The van der Waals surface area contributed by atoms with Crippen LogP contribution in [0.2, 0.25) is 0 Å². The average Bonchev–Trinajstić information content (AvgIpc) is 2.62. The van der Waals surface area contributed by atoms with Gasteiger partial charge in [0.25, 0.3) is 0 Å². The van der Waals surface area contributed by atoms with Crippen molar-refractivity contribution in [1.82, 2.24) is 10.2 Å². The third-order valence-electron chi connectivity index (χ3n) is 4.62. The first-order chi connectivity index (χ1) is 11.3. The Morgan fingerprint density at radius 2 is 2.00 bits per heavy atom. The molecule has 1 aromatic carbocycles. The number of hydrogen-bond donors (Lipinski definition) is 1. The fourth-order valence-corrected chi connectivity index (χ4v) is 3.17. The van der Waals surface area contributed by atoms with Crippen LogP contribution in [0, 0.1) is 5.92 Å². The molecule has 134 valence electrons. The molecule has 0 saturated carbocycles. The summed E-state index contributed by atoms with van der Waals surface area (Å²) >= 11 is 0. The second-order valence-corrected chi connectivity index (χ2v) is 6.38. The van der Waals surface area contributed by atoms with Crippen LogP contribution in [0.25, 0.3) is 0 Å². The number of carbonyl (C=O) groups is 1. The van der Waals surface area contributed by atoms with Gasteiger partial charge in [-0.1, -0.05) is 18.2 Å². The van der Waals surface area contributed by atoms with Crippen LogP contribution in [-0.4, -0.2) is 56.3 Å². The number of morpholine rings is 1. The lowest BCUT2D eigenvalue weighted by Crippen LogP contribution is -2.46. The van der Waals surface area contributed by atoms with E-state index in [2.05, 4.69) is 5.32 Å². The lowest BCUT2D eigenvalue weighted by Gasteiger charge is -2.33. The number of likely N-dealkylation sites (tertiary alicyclic amines) is 1. The van der Waals surface area contributed by atoms with Crippen molar-refractivity contribution in [3.05, 3.63) is 30.3 Å². The quantitative estimate of drug-likeness (QED) is 0.879. The molecular formula is C18H27ClN2O3. The second-order valence-electron chi connectivity index (χ2n) is 6.38. The van der Waals surface area contributed by atoms with Crippen molar-refractivity contribution in [3.8, 4) is 5.75 Å². The number of halogens is 1. The molecule has 3 rings (SSSR count). The van der Waals surface area contributed by atoms with Gasteiger partial charge < -0.3 is 19.7 Å². The van der Waals surface area contributed by atoms with Crippen LogP contribution in [0.3, 0.4) is 0 Å². The minimum atomic E-state index is 0. The van der Waals surface area contributed by atoms with Crippen LogP contribution >= 0.6 is 12.4 Å². The van der Waals surface area contributed by atoms with Crippen molar-refractivity contribution in [2.45, 2.75) is 25.3 Å². The van der Waals surface area contributed by atoms with Crippen molar-refractivity contribution in [2.75, 3.05) is 39.5 Å². The van der Waals surface area contributed by atoms with Crippen LogP contribution in [-0.2, 0) is 9.53 Å². The largest absolute Gasteiger partial charge is 0.493 e. The Balaban J connectivity index is 0.00000208. The van der Waals surface area contributed by atoms with E-state index in [-0.39, 0.29) is 24.4 Å². The summed E-state index contributed by atoms with van der Waals surface area (Å²) in [5.41, 5.74) is 0. The molecule has 2 aliphatic heterocycles. The fourth-order valence-electron chi connectivity index (χ4n) is 3.17. The molecule has 1 amide bonds. The molecule has 0 spiro atoms. The van der Waals surface area contributed by atoms with Gasteiger partial charge in [0.1, 0.15) is 5.75 Å². The van der Waals surface area contributed by atoms with E-state index < -0.39 is 0 Å². The maximum Gasteiger partial charge on any atom is 0.224 e. The summed E-state index contributed by atoms with van der Waals surface area (Å²) in [7, 11) is 0. The van der Waals surface area contributed by atoms with Crippen LogP contribution in [0.15, 0.2) is 30.3 Å². The van der Waals surface area contributed by atoms with E-state index in [1.54, 1.807) is 0 Å². The minimum absolute atomic E-state index is 0. The molecule has 1 N–H and O–H groups in total. The standard InChI is InChI=1S/C18H26N2O3.ClH/c21-18(12-16-14-22-11-8-19-16)20-9-6-15(7-10-20)13-23-17-4-2-1-3-5-17;/h1-5,15-16,19H,6-14H2;1H. The highest BCUT2D eigenvalue weighted by atomic mass is 35.5. The summed E-state index contributed by atoms with van der Waals surface area (Å²) in [4.78, 5) is 14.3. The smallest absolute Gasteiger partial charge is 0.224 e. The van der Waals surface area contributed by atoms with Gasteiger partial charge >= 0.3 is 0 Å². The molecule has 5 nitrogen and oxygen atoms in total. The van der Waals surface area contributed by atoms with Gasteiger partial charge in [-0.15, -0.1) is 12.4 Å². The minimum Gasteiger partial charge on any atom is -0.493 e. The number of amides is 1. The molecule has 1 atom stereocenters. The molecule has 0 radical (unpaired) electrons. The third-order valence-corrected chi connectivity index (χ3v) is 4.62. The van der Waals surface area contributed by atoms with E-state index in [4.69, 9.17) is 9.47 Å². The van der Waals surface area contributed by atoms with E-state index in [9.17, 15) is 4.79 Å². The van der Waals surface area contributed by atoms with E-state index in [1.807, 2.05) is 35.2 Å². The number of para-hydroxylation sites is 1. The first-order valence-corrected chi connectivity index (χ1v) is 8.58. The monoisotopic (exact) mass is 354 g/mol. The average molecular weight is 355 g/mol. The maximum absolute atomic E-state index is 12.4. The predicted molar refractivity (Wildman–Crippen MR) is 95.7 cm³/mol. The number of ether oxygens (including phenoxy) is 2. The topological polar surface area (TPSA) is 50.8 Å². The van der Waals surface area contributed by atoms with Crippen LogP contribution in [0.1, 0.15) is 19.3 Å². The first-order valence-electron chi connectivity index (χ1n) is 8.58. The molecule has 1 unspecified atom stereocenters. The third kappa shape index (κ3) is 5.65. The Morgan fingerprint density at radius 3 is 2.67 bits per heavy atom. The number of nitrogens with zero attached hydrogens (tertiary/aromatic N) is 1. The molecule has 2 heterocycles. The zero-order valence-corrected chi connectivity index (χ0v) is 14.8. The molecule has 0 aromatic heterocycles. The van der Waals surface area contributed by atoms with Crippen LogP contribution < -0.4 is 10.1 Å². The number of benzene rings is 1. The Kier molecular flexibility index (Phi) is 7.82. The molecule has 1 aromatic rings. The number of piperidine rings is 1. The molecule has 0 bridgehead atoms. The number of rotatable bonds is 5. The fraction of sp³-hybridized carbons (Fsp3) is 0.611. The Labute approximate surface area is 150 Å². The summed E-state index contributed by atoms with van der Waals surface area (Å²) in [5, 5.41) is 3.34. The van der Waals surface area contributed by atoms with Gasteiger partial charge in [0.05, 0.1) is 19.8 Å². The Hall–Kier alpha value is -1.30. The summed E-state index contributed by atoms with van der Waals surface area (Å²) in [6.07, 6.45) is 2.59. The zero-order valence-electron chi connectivity index (χ0n) is 14.0. The summed E-state index contributed by atoms with van der Waals surface area (Å²) in [6, 6.07) is 10.1. The van der Waals surface area contributed by atoms with Gasteiger partial charge in [0.15, 0.2) is 0 Å². The van der Waals surface area contributed by atoms with Crippen molar-refractivity contribution < 1.29 is 14.3 Å². The molecule has 2 saturated heterocycles. The van der Waals surface area contributed by atoms with Crippen molar-refractivity contribution in [3.63, 3.8) is 0 Å². The highest BCUT2D eigenvalue weighted by molar-refractivity contribution is 5.85. The maximum atomic E-state index is 12.4. The van der Waals surface area contributed by atoms with Crippen LogP contribution in [0.4, 0.5) is 0 Å². The van der Waals surface area contributed by atoms with Crippen molar-refractivity contribution in [2.24, 2.45) is 5.92 Å². The lowest BCUT2D eigenvalue weighted by atomic mass is 9.97. The van der Waals surface area contributed by atoms with Gasteiger partial charge in [-0.2, -0.15) is 0 Å². The van der Waals surface area contributed by atoms with Gasteiger partial charge in [-0.3, -0.25) is 4.79 Å². The second kappa shape index (κ2) is 9.87. The Bertz CT molecular complexity index is 486. The molecular weight excluding hydrogens is 328 g/mol. The summed E-state index contributed by atoms with van der Waals surface area (Å²) in [5.74, 6) is 1.71. The van der Waals surface area contributed by atoms with E-state index in [0.29, 0.717) is 18.9 Å². The van der Waals surface area contributed by atoms with Gasteiger partial charge in [-0.25, -0.2) is 0 Å². The first kappa shape index (κ1) is 19.0. The van der Waals surface area contributed by atoms with Gasteiger partial charge in [0, 0.05) is 32.1 Å². The molecule has 2 fully saturated rings. The van der Waals surface area contributed by atoms with Crippen LogP contribution in [0.5, 0.6) is 5.75 Å². The highest BCUT2D eigenvalue weighted by Gasteiger charge is 2.25.